The van der Waals surface area contributed by atoms with E-state index in [4.69, 9.17) is 9.84 Å². The number of aliphatic hydroxyl groups excluding tert-OH is 1. The Morgan fingerprint density at radius 1 is 1.36 bits per heavy atom. The van der Waals surface area contributed by atoms with Gasteiger partial charge in [0.25, 0.3) is 0 Å². The van der Waals surface area contributed by atoms with E-state index >= 15 is 0 Å². The molecule has 0 aliphatic rings. The third-order valence-corrected chi connectivity index (χ3v) is 2.25. The molecule has 0 aromatic carbocycles. The summed E-state index contributed by atoms with van der Waals surface area (Å²) in [6.45, 7) is 6.49. The van der Waals surface area contributed by atoms with E-state index in [-0.39, 0.29) is 12.7 Å². The van der Waals surface area contributed by atoms with Crippen LogP contribution in [-0.4, -0.2) is 24.4 Å². The molecule has 0 aromatic rings. The van der Waals surface area contributed by atoms with Crippen LogP contribution >= 0.6 is 0 Å². The lowest BCUT2D eigenvalue weighted by Gasteiger charge is -2.15. The van der Waals surface area contributed by atoms with Gasteiger partial charge in [-0.05, 0) is 12.8 Å². The fraction of sp³-hybridized carbons (Fsp3) is 0.833. The summed E-state index contributed by atoms with van der Waals surface area (Å²) in [5.41, 5.74) is 0. The number of aliphatic hydroxyl groups is 1. The molecule has 0 spiro atoms. The highest BCUT2D eigenvalue weighted by atomic mass is 16.5. The van der Waals surface area contributed by atoms with Crippen LogP contribution in [0.4, 0.5) is 0 Å². The Morgan fingerprint density at radius 3 is 2.71 bits per heavy atom. The van der Waals surface area contributed by atoms with E-state index in [0.29, 0.717) is 6.61 Å². The first-order valence-corrected chi connectivity index (χ1v) is 5.68. The van der Waals surface area contributed by atoms with E-state index < -0.39 is 0 Å². The van der Waals surface area contributed by atoms with E-state index in [0.717, 1.165) is 12.8 Å². The van der Waals surface area contributed by atoms with Gasteiger partial charge in [0, 0.05) is 0 Å². The minimum atomic E-state index is 0.114. The third-order valence-electron chi connectivity index (χ3n) is 2.25. The summed E-state index contributed by atoms with van der Waals surface area (Å²) in [6.07, 6.45) is 9.21. The van der Waals surface area contributed by atoms with E-state index in [1.165, 1.54) is 25.7 Å². The molecule has 0 saturated heterocycles. The van der Waals surface area contributed by atoms with Crippen LogP contribution in [0.25, 0.3) is 0 Å². The van der Waals surface area contributed by atoms with Crippen molar-refractivity contribution in [3.8, 4) is 0 Å². The van der Waals surface area contributed by atoms with Crippen molar-refractivity contribution in [1.29, 1.82) is 0 Å². The molecular formula is C12H24O2. The van der Waals surface area contributed by atoms with Crippen molar-refractivity contribution in [3.05, 3.63) is 12.7 Å². The molecule has 14 heavy (non-hydrogen) atoms. The molecule has 0 amide bonds. The standard InChI is InChI=1S/C12H24O2/c1-3-5-6-7-9-12(8-4-2)14-11-10-13/h4,12-13H,2-3,5-11H2,1H3. The highest BCUT2D eigenvalue weighted by Gasteiger charge is 2.05. The predicted octanol–water partition coefficient (Wildman–Crippen LogP) is 2.91. The van der Waals surface area contributed by atoms with Gasteiger partial charge in [-0.15, -0.1) is 6.58 Å². The van der Waals surface area contributed by atoms with Crippen LogP contribution in [0, 0.1) is 0 Å². The molecule has 1 N–H and O–H groups in total. The summed E-state index contributed by atoms with van der Waals surface area (Å²) >= 11 is 0. The fourth-order valence-electron chi connectivity index (χ4n) is 1.47. The lowest BCUT2D eigenvalue weighted by molar-refractivity contribution is 0.0245. The second-order valence-electron chi connectivity index (χ2n) is 3.59. The van der Waals surface area contributed by atoms with Crippen LogP contribution in [-0.2, 0) is 4.74 Å². The molecule has 0 bridgehead atoms. The maximum atomic E-state index is 8.64. The molecular weight excluding hydrogens is 176 g/mol. The van der Waals surface area contributed by atoms with E-state index in [2.05, 4.69) is 13.5 Å². The third kappa shape index (κ3) is 8.27. The van der Waals surface area contributed by atoms with E-state index in [1.807, 2.05) is 6.08 Å². The monoisotopic (exact) mass is 200 g/mol. The molecule has 0 radical (unpaired) electrons. The van der Waals surface area contributed by atoms with Crippen molar-refractivity contribution in [1.82, 2.24) is 0 Å². The van der Waals surface area contributed by atoms with Crippen LogP contribution in [0.1, 0.15) is 45.4 Å². The summed E-state index contributed by atoms with van der Waals surface area (Å²) in [5, 5.41) is 8.64. The van der Waals surface area contributed by atoms with Gasteiger partial charge < -0.3 is 9.84 Å². The molecule has 0 rings (SSSR count). The first kappa shape index (κ1) is 13.7. The van der Waals surface area contributed by atoms with Crippen molar-refractivity contribution in [3.63, 3.8) is 0 Å². The molecule has 0 aliphatic carbocycles. The number of unbranched alkanes of at least 4 members (excludes halogenated alkanes) is 3. The maximum absolute atomic E-state index is 8.64. The average Bonchev–Trinajstić information content (AvgIpc) is 2.20. The maximum Gasteiger partial charge on any atom is 0.0701 e. The Hall–Kier alpha value is -0.340. The quantitative estimate of drug-likeness (QED) is 0.434. The van der Waals surface area contributed by atoms with Gasteiger partial charge in [-0.3, -0.25) is 0 Å². The van der Waals surface area contributed by atoms with Crippen molar-refractivity contribution in [2.75, 3.05) is 13.2 Å². The minimum absolute atomic E-state index is 0.114. The van der Waals surface area contributed by atoms with Crippen LogP contribution in [0.3, 0.4) is 0 Å². The van der Waals surface area contributed by atoms with Gasteiger partial charge in [-0.2, -0.15) is 0 Å². The summed E-state index contributed by atoms with van der Waals surface area (Å²) in [4.78, 5) is 0. The fourth-order valence-corrected chi connectivity index (χ4v) is 1.47. The Bertz CT molecular complexity index is 123. The molecule has 0 fully saturated rings. The number of ether oxygens (including phenoxy) is 1. The number of hydrogen-bond donors (Lipinski definition) is 1. The van der Waals surface area contributed by atoms with E-state index in [1.54, 1.807) is 0 Å². The zero-order valence-corrected chi connectivity index (χ0v) is 9.37. The van der Waals surface area contributed by atoms with E-state index in [9.17, 15) is 0 Å². The largest absolute Gasteiger partial charge is 0.394 e. The van der Waals surface area contributed by atoms with Gasteiger partial charge in [-0.25, -0.2) is 0 Å². The zero-order valence-electron chi connectivity index (χ0n) is 9.37. The lowest BCUT2D eigenvalue weighted by Crippen LogP contribution is -2.14. The highest BCUT2D eigenvalue weighted by molar-refractivity contribution is 4.73. The SMILES string of the molecule is C=CCC(CCCCCC)OCCO. The summed E-state index contributed by atoms with van der Waals surface area (Å²) < 4.78 is 5.49. The molecule has 0 aliphatic heterocycles. The Labute approximate surface area is 88.0 Å². The van der Waals surface area contributed by atoms with Gasteiger partial charge >= 0.3 is 0 Å². The van der Waals surface area contributed by atoms with Crippen molar-refractivity contribution >= 4 is 0 Å². The molecule has 2 heteroatoms. The molecule has 0 saturated carbocycles. The molecule has 0 aromatic heterocycles. The second kappa shape index (κ2) is 10.7. The average molecular weight is 200 g/mol. The summed E-state index contributed by atoms with van der Waals surface area (Å²) in [7, 11) is 0. The number of hydrogen-bond acceptors (Lipinski definition) is 2. The number of rotatable bonds is 10. The summed E-state index contributed by atoms with van der Waals surface area (Å²) in [5.74, 6) is 0. The first-order valence-electron chi connectivity index (χ1n) is 5.68. The van der Waals surface area contributed by atoms with Gasteiger partial charge in [0.2, 0.25) is 0 Å². The van der Waals surface area contributed by atoms with Gasteiger partial charge in [0.1, 0.15) is 0 Å². The zero-order chi connectivity index (χ0) is 10.6. The van der Waals surface area contributed by atoms with Crippen molar-refractivity contribution in [2.24, 2.45) is 0 Å². The minimum Gasteiger partial charge on any atom is -0.394 e. The Balaban J connectivity index is 3.45. The summed E-state index contributed by atoms with van der Waals surface area (Å²) in [6, 6.07) is 0. The first-order chi connectivity index (χ1) is 6.85. The molecule has 0 heterocycles. The van der Waals surface area contributed by atoms with Crippen LogP contribution in [0.15, 0.2) is 12.7 Å². The van der Waals surface area contributed by atoms with Gasteiger partial charge in [-0.1, -0.05) is 38.7 Å². The molecule has 84 valence electrons. The van der Waals surface area contributed by atoms with Crippen LogP contribution in [0.2, 0.25) is 0 Å². The lowest BCUT2D eigenvalue weighted by atomic mass is 10.1. The smallest absolute Gasteiger partial charge is 0.0701 e. The van der Waals surface area contributed by atoms with Crippen molar-refractivity contribution in [2.45, 2.75) is 51.6 Å². The van der Waals surface area contributed by atoms with Crippen molar-refractivity contribution < 1.29 is 9.84 Å². The van der Waals surface area contributed by atoms with Crippen LogP contribution in [0.5, 0.6) is 0 Å². The van der Waals surface area contributed by atoms with Crippen LogP contribution < -0.4 is 0 Å². The Morgan fingerprint density at radius 2 is 2.14 bits per heavy atom. The normalized spacial score (nSPS) is 12.7. The highest BCUT2D eigenvalue weighted by Crippen LogP contribution is 2.11. The second-order valence-corrected chi connectivity index (χ2v) is 3.59. The van der Waals surface area contributed by atoms with Gasteiger partial charge in [0.15, 0.2) is 0 Å². The molecule has 1 atom stereocenters. The molecule has 2 nitrogen and oxygen atoms in total. The molecule has 1 unspecified atom stereocenters. The predicted molar refractivity (Wildman–Crippen MR) is 60.4 cm³/mol. The van der Waals surface area contributed by atoms with Gasteiger partial charge in [0.05, 0.1) is 19.3 Å². The topological polar surface area (TPSA) is 29.5 Å². The Kier molecular flexibility index (Phi) is 10.5.